The monoisotopic (exact) mass is 621 g/mol. The van der Waals surface area contributed by atoms with Crippen LogP contribution < -0.4 is 20.8 Å². The Morgan fingerprint density at radius 1 is 0.875 bits per heavy atom. The fourth-order valence-electron chi connectivity index (χ4n) is 5.35. The Bertz CT molecular complexity index is 1400. The van der Waals surface area contributed by atoms with Crippen LogP contribution in [0.25, 0.3) is 0 Å². The highest BCUT2D eigenvalue weighted by atomic mass is 35.5. The number of anilines is 5. The lowest BCUT2D eigenvalue weighted by atomic mass is 10.0. The second-order valence-corrected chi connectivity index (χ2v) is 15.3. The highest BCUT2D eigenvalue weighted by Gasteiger charge is 2.28. The Morgan fingerprint density at radius 3 is 2.27 bits per heavy atom. The van der Waals surface area contributed by atoms with E-state index in [9.17, 15) is 4.57 Å². The van der Waals surface area contributed by atoms with Crippen LogP contribution in [0.3, 0.4) is 0 Å². The number of nitrogens with zero attached hydrogens (tertiary/aromatic N) is 5. The molecule has 2 aromatic carbocycles. The quantitative estimate of drug-likeness (QED) is 0.294. The van der Waals surface area contributed by atoms with E-state index in [-0.39, 0.29) is 0 Å². The third-order valence-corrected chi connectivity index (χ3v) is 10.1. The van der Waals surface area contributed by atoms with Gasteiger partial charge in [-0.05, 0) is 57.5 Å². The molecule has 3 heterocycles. The lowest BCUT2D eigenvalue weighted by Crippen LogP contribution is -2.52. The number of aromatic nitrogens is 2. The average Bonchev–Trinajstić information content (AvgIpc) is 2.93. The molecule has 12 heteroatoms. The van der Waals surface area contributed by atoms with Crippen LogP contribution in [0.1, 0.15) is 12.8 Å². The number of hydrogen-bond acceptors (Lipinski definition) is 8. The molecule has 0 amide bonds. The smallest absolute Gasteiger partial charge is 0.229 e. The highest BCUT2D eigenvalue weighted by Crippen LogP contribution is 2.40. The second-order valence-electron chi connectivity index (χ2n) is 10.8. The number of piperazine rings is 1. The van der Waals surface area contributed by atoms with E-state index >= 15 is 0 Å². The number of halogens is 3. The van der Waals surface area contributed by atoms with Crippen LogP contribution in [0.5, 0.6) is 0 Å². The van der Waals surface area contributed by atoms with Crippen molar-refractivity contribution in [2.45, 2.75) is 18.9 Å². The van der Waals surface area contributed by atoms with E-state index in [0.29, 0.717) is 44.3 Å². The number of rotatable bonds is 7. The first-order valence-electron chi connectivity index (χ1n) is 13.5. The van der Waals surface area contributed by atoms with Crippen LogP contribution in [0, 0.1) is 0 Å². The van der Waals surface area contributed by atoms with Gasteiger partial charge in [-0.3, -0.25) is 4.90 Å². The van der Waals surface area contributed by atoms with Gasteiger partial charge in [0, 0.05) is 50.6 Å². The molecule has 0 radical (unpaired) electrons. The maximum absolute atomic E-state index is 12.8. The zero-order chi connectivity index (χ0) is 28.4. The molecule has 40 heavy (non-hydrogen) atoms. The van der Waals surface area contributed by atoms with Crippen LogP contribution in [0.2, 0.25) is 15.1 Å². The van der Waals surface area contributed by atoms with Crippen molar-refractivity contribution in [3.63, 3.8) is 0 Å². The maximum Gasteiger partial charge on any atom is 0.229 e. The minimum absolute atomic E-state index is 0.305. The number of para-hydroxylation sites is 1. The largest absolute Gasteiger partial charge is 0.370 e. The Labute approximate surface area is 251 Å². The van der Waals surface area contributed by atoms with E-state index in [1.165, 1.54) is 6.20 Å². The Morgan fingerprint density at radius 2 is 1.57 bits per heavy atom. The van der Waals surface area contributed by atoms with E-state index < -0.39 is 7.14 Å². The molecule has 8 nitrogen and oxygen atoms in total. The van der Waals surface area contributed by atoms with Gasteiger partial charge in [0.25, 0.3) is 0 Å². The van der Waals surface area contributed by atoms with Crippen molar-refractivity contribution >= 4 is 76.1 Å². The van der Waals surface area contributed by atoms with Crippen LogP contribution in [0.15, 0.2) is 42.6 Å². The molecule has 3 aromatic rings. The van der Waals surface area contributed by atoms with Gasteiger partial charge in [0.15, 0.2) is 5.82 Å². The van der Waals surface area contributed by atoms with Gasteiger partial charge in [-0.25, -0.2) is 4.98 Å². The van der Waals surface area contributed by atoms with Gasteiger partial charge in [-0.1, -0.05) is 46.9 Å². The molecule has 0 atom stereocenters. The summed E-state index contributed by atoms with van der Waals surface area (Å²) in [5, 5.41) is 8.59. The second kappa shape index (κ2) is 12.4. The molecule has 0 saturated carbocycles. The molecule has 0 aliphatic carbocycles. The van der Waals surface area contributed by atoms with Crippen LogP contribution in [-0.2, 0) is 4.57 Å². The zero-order valence-corrected chi connectivity index (χ0v) is 26.2. The van der Waals surface area contributed by atoms with Crippen molar-refractivity contribution in [3.8, 4) is 0 Å². The van der Waals surface area contributed by atoms with E-state index in [0.717, 1.165) is 63.1 Å². The Hall–Kier alpha value is -2.06. The molecule has 2 fully saturated rings. The zero-order valence-electron chi connectivity index (χ0n) is 23.0. The topological polar surface area (TPSA) is 76.6 Å². The highest BCUT2D eigenvalue weighted by molar-refractivity contribution is 7.70. The summed E-state index contributed by atoms with van der Waals surface area (Å²) in [4.78, 5) is 16.2. The summed E-state index contributed by atoms with van der Waals surface area (Å²) in [6, 6.07) is 11.8. The molecule has 0 spiro atoms. The van der Waals surface area contributed by atoms with Gasteiger partial charge in [0.2, 0.25) is 5.95 Å². The summed E-state index contributed by atoms with van der Waals surface area (Å²) >= 11 is 19.9. The Kier molecular flexibility index (Phi) is 9.15. The first-order chi connectivity index (χ1) is 19.1. The van der Waals surface area contributed by atoms with Gasteiger partial charge < -0.3 is 25.0 Å². The van der Waals surface area contributed by atoms with Gasteiger partial charge in [0.05, 0.1) is 33.3 Å². The number of likely N-dealkylation sites (N-methyl/N-ethyl adjacent to an activating group) is 1. The molecule has 214 valence electrons. The predicted octanol–water partition coefficient (Wildman–Crippen LogP) is 6.39. The van der Waals surface area contributed by atoms with Gasteiger partial charge in [-0.15, -0.1) is 0 Å². The molecule has 5 rings (SSSR count). The standard InChI is InChI=1S/C28H35Cl3N7OP/c1-36-12-14-37(15-13-36)19-8-10-38(11-9-19)25-17-20(29)24(16-21(25)30)34-28-32-18-22(31)27(35-28)33-23-6-4-5-7-26(23)40(2,3)39/h4-7,16-19H,8-15H2,1-3H3,(H2,32,33,34,35). The maximum atomic E-state index is 12.8. The van der Waals surface area contributed by atoms with Gasteiger partial charge >= 0.3 is 0 Å². The van der Waals surface area contributed by atoms with Gasteiger partial charge in [-0.2, -0.15) is 4.98 Å². The number of benzene rings is 2. The van der Waals surface area contributed by atoms with Crippen molar-refractivity contribution in [1.82, 2.24) is 19.8 Å². The Balaban J connectivity index is 1.28. The summed E-state index contributed by atoms with van der Waals surface area (Å²) in [5.74, 6) is 0.696. The number of nitrogens with one attached hydrogen (secondary N) is 2. The van der Waals surface area contributed by atoms with Crippen molar-refractivity contribution in [2.75, 3.05) is 75.2 Å². The first-order valence-corrected chi connectivity index (χ1v) is 17.2. The summed E-state index contributed by atoms with van der Waals surface area (Å²) in [7, 11) is -0.330. The van der Waals surface area contributed by atoms with Crippen molar-refractivity contribution in [2.24, 2.45) is 0 Å². The van der Waals surface area contributed by atoms with Crippen molar-refractivity contribution < 1.29 is 4.57 Å². The molecular weight excluding hydrogens is 588 g/mol. The SMILES string of the molecule is CN1CCN(C2CCN(c3cc(Cl)c(Nc4ncc(Cl)c(Nc5ccccc5P(C)(C)=O)n4)cc3Cl)CC2)CC1. The lowest BCUT2D eigenvalue weighted by Gasteiger charge is -2.42. The minimum Gasteiger partial charge on any atom is -0.370 e. The molecule has 2 aliphatic heterocycles. The fraction of sp³-hybridized carbons (Fsp3) is 0.429. The molecule has 2 aliphatic rings. The minimum atomic E-state index is -2.52. The molecule has 1 aromatic heterocycles. The summed E-state index contributed by atoms with van der Waals surface area (Å²) in [6.07, 6.45) is 3.73. The average molecular weight is 623 g/mol. The number of piperidine rings is 1. The van der Waals surface area contributed by atoms with E-state index in [4.69, 9.17) is 34.8 Å². The fourth-order valence-corrected chi connectivity index (χ4v) is 7.13. The first kappa shape index (κ1) is 29.4. The molecule has 2 saturated heterocycles. The van der Waals surface area contributed by atoms with Crippen LogP contribution in [-0.4, -0.2) is 85.5 Å². The third-order valence-electron chi connectivity index (χ3n) is 7.62. The molecule has 2 N–H and O–H groups in total. The lowest BCUT2D eigenvalue weighted by molar-refractivity contribution is 0.0982. The summed E-state index contributed by atoms with van der Waals surface area (Å²) in [6.45, 7) is 9.90. The van der Waals surface area contributed by atoms with E-state index in [1.54, 1.807) is 13.3 Å². The van der Waals surface area contributed by atoms with Crippen LogP contribution in [0.4, 0.5) is 28.8 Å². The summed E-state index contributed by atoms with van der Waals surface area (Å²) < 4.78 is 12.8. The van der Waals surface area contributed by atoms with Crippen molar-refractivity contribution in [1.29, 1.82) is 0 Å². The van der Waals surface area contributed by atoms with E-state index in [2.05, 4.69) is 42.3 Å². The predicted molar refractivity (Wildman–Crippen MR) is 170 cm³/mol. The van der Waals surface area contributed by atoms with Gasteiger partial charge in [0.1, 0.15) is 12.2 Å². The van der Waals surface area contributed by atoms with E-state index in [1.807, 2.05) is 36.4 Å². The third kappa shape index (κ3) is 6.87. The molecule has 0 unspecified atom stereocenters. The molecule has 0 bridgehead atoms. The van der Waals surface area contributed by atoms with Crippen LogP contribution >= 0.6 is 41.9 Å². The molecular formula is C28H35Cl3N7OP. The van der Waals surface area contributed by atoms with Crippen molar-refractivity contribution in [3.05, 3.63) is 57.7 Å². The number of hydrogen-bond donors (Lipinski definition) is 2. The summed E-state index contributed by atoms with van der Waals surface area (Å²) in [5.41, 5.74) is 2.22. The normalized spacial score (nSPS) is 17.7.